The second-order valence-electron chi connectivity index (χ2n) is 6.98. The summed E-state index contributed by atoms with van der Waals surface area (Å²) in [4.78, 5) is 23.6. The highest BCUT2D eigenvalue weighted by Crippen LogP contribution is 2.55. The van der Waals surface area contributed by atoms with E-state index in [2.05, 4.69) is 17.1 Å². The average Bonchev–Trinajstić information content (AvgIpc) is 3.03. The van der Waals surface area contributed by atoms with Gasteiger partial charge in [-0.25, -0.2) is 0 Å². The highest BCUT2D eigenvalue weighted by molar-refractivity contribution is 8.00. The maximum absolute atomic E-state index is 12.4. The van der Waals surface area contributed by atoms with Crippen LogP contribution in [0.4, 0.5) is 0 Å². The van der Waals surface area contributed by atoms with Gasteiger partial charge < -0.3 is 10.4 Å². The summed E-state index contributed by atoms with van der Waals surface area (Å²) in [6, 6.07) is 0.126. The van der Waals surface area contributed by atoms with Gasteiger partial charge in [0.15, 0.2) is 0 Å². The molecule has 0 aromatic heterocycles. The highest BCUT2D eigenvalue weighted by atomic mass is 32.2. The maximum atomic E-state index is 12.4. The van der Waals surface area contributed by atoms with Gasteiger partial charge in [-0.2, -0.15) is 11.8 Å². The molecule has 110 valence electrons. The molecule has 2 aliphatic heterocycles. The molecule has 0 aromatic carbocycles. The van der Waals surface area contributed by atoms with E-state index in [1.54, 1.807) is 0 Å². The summed E-state index contributed by atoms with van der Waals surface area (Å²) in [5.74, 6) is 0.245. The third-order valence-electron chi connectivity index (χ3n) is 5.74. The fourth-order valence-electron chi connectivity index (χ4n) is 4.61. The summed E-state index contributed by atoms with van der Waals surface area (Å²) in [6.07, 6.45) is 6.23. The van der Waals surface area contributed by atoms with Crippen molar-refractivity contribution < 1.29 is 14.7 Å². The average molecular weight is 295 g/mol. The molecule has 2 saturated heterocycles. The van der Waals surface area contributed by atoms with Crippen LogP contribution in [0.15, 0.2) is 0 Å². The van der Waals surface area contributed by atoms with E-state index in [9.17, 15) is 14.7 Å². The maximum Gasteiger partial charge on any atom is 0.306 e. The first-order chi connectivity index (χ1) is 9.61. The predicted molar refractivity (Wildman–Crippen MR) is 76.4 cm³/mol. The molecule has 1 amide bonds. The number of carboxylic acids is 1. The Morgan fingerprint density at radius 2 is 1.70 bits per heavy atom. The number of thioether (sulfide) groups is 1. The molecule has 2 bridgehead atoms. The monoisotopic (exact) mass is 295 g/mol. The van der Waals surface area contributed by atoms with Crippen LogP contribution in [0.25, 0.3) is 0 Å². The van der Waals surface area contributed by atoms with Gasteiger partial charge in [-0.1, -0.05) is 0 Å². The lowest BCUT2D eigenvalue weighted by atomic mass is 9.97. The minimum Gasteiger partial charge on any atom is -0.481 e. The van der Waals surface area contributed by atoms with Gasteiger partial charge in [0.25, 0.3) is 0 Å². The van der Waals surface area contributed by atoms with Gasteiger partial charge in [-0.3, -0.25) is 9.59 Å². The first-order valence-corrected chi connectivity index (χ1v) is 8.74. The molecular formula is C15H21NO3S. The van der Waals surface area contributed by atoms with Gasteiger partial charge in [0.1, 0.15) is 0 Å². The van der Waals surface area contributed by atoms with E-state index >= 15 is 0 Å². The molecule has 0 aromatic rings. The fraction of sp³-hybridized carbons (Fsp3) is 0.867. The Morgan fingerprint density at radius 1 is 1.00 bits per heavy atom. The number of amides is 1. The van der Waals surface area contributed by atoms with Crippen molar-refractivity contribution >= 4 is 23.6 Å². The Bertz CT molecular complexity index is 442. The van der Waals surface area contributed by atoms with Crippen molar-refractivity contribution in [3.63, 3.8) is 0 Å². The summed E-state index contributed by atoms with van der Waals surface area (Å²) in [5.41, 5.74) is 0. The summed E-state index contributed by atoms with van der Waals surface area (Å²) < 4.78 is 0. The quantitative estimate of drug-likeness (QED) is 0.834. The first kappa shape index (κ1) is 13.0. The number of carboxylic acid groups (broad SMARTS) is 1. The molecule has 2 heterocycles. The zero-order chi connectivity index (χ0) is 13.9. The lowest BCUT2D eigenvalue weighted by Crippen LogP contribution is -2.41. The highest BCUT2D eigenvalue weighted by Gasteiger charge is 2.57. The van der Waals surface area contributed by atoms with Gasteiger partial charge in [-0.05, 0) is 50.4 Å². The second kappa shape index (κ2) is 4.65. The summed E-state index contributed by atoms with van der Waals surface area (Å²) in [7, 11) is 0. The van der Waals surface area contributed by atoms with Crippen molar-refractivity contribution in [2.24, 2.45) is 23.7 Å². The zero-order valence-electron chi connectivity index (χ0n) is 11.5. The minimum absolute atomic E-state index is 0.126. The molecule has 2 N–H and O–H groups in total. The fourth-order valence-corrected chi connectivity index (χ4v) is 6.38. The smallest absolute Gasteiger partial charge is 0.306 e. The normalized spacial score (nSPS) is 48.7. The Hall–Kier alpha value is -0.710. The van der Waals surface area contributed by atoms with Crippen LogP contribution in [0.5, 0.6) is 0 Å². The van der Waals surface area contributed by atoms with Crippen molar-refractivity contribution in [2.45, 2.75) is 55.1 Å². The van der Waals surface area contributed by atoms with Crippen LogP contribution in [0.2, 0.25) is 0 Å². The molecule has 0 radical (unpaired) electrons. The summed E-state index contributed by atoms with van der Waals surface area (Å²) >= 11 is 2.07. The molecule has 2 saturated carbocycles. The Morgan fingerprint density at radius 3 is 2.30 bits per heavy atom. The van der Waals surface area contributed by atoms with Gasteiger partial charge in [0.2, 0.25) is 5.91 Å². The van der Waals surface area contributed by atoms with E-state index in [4.69, 9.17) is 0 Å². The van der Waals surface area contributed by atoms with Crippen molar-refractivity contribution in [3.8, 4) is 0 Å². The van der Waals surface area contributed by atoms with Crippen molar-refractivity contribution in [3.05, 3.63) is 0 Å². The van der Waals surface area contributed by atoms with Crippen LogP contribution in [-0.4, -0.2) is 33.5 Å². The van der Waals surface area contributed by atoms with E-state index in [1.165, 1.54) is 12.8 Å². The molecule has 4 nitrogen and oxygen atoms in total. The van der Waals surface area contributed by atoms with Gasteiger partial charge in [0, 0.05) is 22.5 Å². The van der Waals surface area contributed by atoms with E-state index < -0.39 is 5.97 Å². The lowest BCUT2D eigenvalue weighted by molar-refractivity contribution is -0.142. The molecule has 2 aliphatic carbocycles. The summed E-state index contributed by atoms with van der Waals surface area (Å²) in [6.45, 7) is 0. The summed E-state index contributed by atoms with van der Waals surface area (Å²) in [5, 5.41) is 13.7. The standard InChI is InChI=1S/C15H21NO3S/c17-14(7-3-8-1-2-9(4-7)20-8)16-13-6-12(15(18)19)10-5-11(10)13/h7-13H,1-6H2,(H,16,17)(H,18,19)/t7?,8?,9?,10-,11+,12-,13+/m1/s1. The second-order valence-corrected chi connectivity index (χ2v) is 8.59. The van der Waals surface area contributed by atoms with Crippen LogP contribution in [0.1, 0.15) is 38.5 Å². The number of carbonyl (C=O) groups excluding carboxylic acids is 1. The van der Waals surface area contributed by atoms with E-state index in [1.807, 2.05) is 0 Å². The molecule has 4 rings (SSSR count). The van der Waals surface area contributed by atoms with Crippen molar-refractivity contribution in [1.29, 1.82) is 0 Å². The number of hydrogen-bond donors (Lipinski definition) is 2. The topological polar surface area (TPSA) is 66.4 Å². The minimum atomic E-state index is -0.679. The largest absolute Gasteiger partial charge is 0.481 e. The molecule has 0 spiro atoms. The number of rotatable bonds is 3. The van der Waals surface area contributed by atoms with Gasteiger partial charge in [-0.15, -0.1) is 0 Å². The Labute approximate surface area is 123 Å². The van der Waals surface area contributed by atoms with Crippen molar-refractivity contribution in [2.75, 3.05) is 0 Å². The molecule has 2 unspecified atom stereocenters. The van der Waals surface area contributed by atoms with E-state index in [-0.39, 0.29) is 23.8 Å². The molecule has 20 heavy (non-hydrogen) atoms. The van der Waals surface area contributed by atoms with E-state index in [0.717, 1.165) is 19.3 Å². The SMILES string of the molecule is O=C(N[C@H]1C[C@@H](C(=O)O)[C@@H]2C[C@@H]21)C1CC2CCC(C1)S2. The molecular weight excluding hydrogens is 274 g/mol. The Balaban J connectivity index is 1.36. The van der Waals surface area contributed by atoms with E-state index in [0.29, 0.717) is 28.8 Å². The van der Waals surface area contributed by atoms with Crippen LogP contribution >= 0.6 is 11.8 Å². The van der Waals surface area contributed by atoms with Crippen LogP contribution in [0, 0.1) is 23.7 Å². The predicted octanol–water partition coefficient (Wildman–Crippen LogP) is 1.89. The number of nitrogens with one attached hydrogen (secondary N) is 1. The molecule has 5 heteroatoms. The molecule has 4 aliphatic rings. The molecule has 6 atom stereocenters. The Kier molecular flexibility index (Phi) is 3.02. The third-order valence-corrected chi connectivity index (χ3v) is 7.36. The first-order valence-electron chi connectivity index (χ1n) is 7.80. The number of fused-ring (bicyclic) bond motifs is 3. The number of carbonyl (C=O) groups is 2. The van der Waals surface area contributed by atoms with Gasteiger partial charge in [0.05, 0.1) is 5.92 Å². The van der Waals surface area contributed by atoms with Crippen LogP contribution in [-0.2, 0) is 9.59 Å². The van der Waals surface area contributed by atoms with Crippen molar-refractivity contribution in [1.82, 2.24) is 5.32 Å². The molecule has 4 fully saturated rings. The number of aliphatic carboxylic acids is 1. The zero-order valence-corrected chi connectivity index (χ0v) is 12.3. The van der Waals surface area contributed by atoms with Crippen LogP contribution < -0.4 is 5.32 Å². The third kappa shape index (κ3) is 2.14. The number of hydrogen-bond acceptors (Lipinski definition) is 3. The lowest BCUT2D eigenvalue weighted by Gasteiger charge is -2.28. The van der Waals surface area contributed by atoms with Crippen LogP contribution in [0.3, 0.4) is 0 Å². The van der Waals surface area contributed by atoms with Gasteiger partial charge >= 0.3 is 5.97 Å².